The molecule has 0 aliphatic heterocycles. The van der Waals surface area contributed by atoms with E-state index in [2.05, 4.69) is 41.5 Å². The van der Waals surface area contributed by atoms with Gasteiger partial charge >= 0.3 is 0 Å². The third-order valence-corrected chi connectivity index (χ3v) is 8.39. The van der Waals surface area contributed by atoms with Crippen molar-refractivity contribution in [1.82, 2.24) is 9.97 Å². The van der Waals surface area contributed by atoms with Crippen molar-refractivity contribution in [2.24, 2.45) is 4.99 Å². The Morgan fingerprint density at radius 3 is 2.61 bits per heavy atom. The van der Waals surface area contributed by atoms with Gasteiger partial charge < -0.3 is 29.5 Å². The van der Waals surface area contributed by atoms with E-state index in [0.29, 0.717) is 42.0 Å². The van der Waals surface area contributed by atoms with E-state index in [-0.39, 0.29) is 32.3 Å². The second-order valence-corrected chi connectivity index (χ2v) is 18.5. The minimum atomic E-state index is -3.53. The Morgan fingerprint density at radius 2 is 1.95 bits per heavy atom. The van der Waals surface area contributed by atoms with E-state index in [1.54, 1.807) is 31.3 Å². The number of ether oxygens (including phenoxy) is 3. The molecule has 0 aliphatic rings. The lowest BCUT2D eigenvalue weighted by atomic mass is 10.2. The fourth-order valence-electron chi connectivity index (χ4n) is 3.65. The van der Waals surface area contributed by atoms with Gasteiger partial charge in [-0.1, -0.05) is 37.8 Å². The van der Waals surface area contributed by atoms with Gasteiger partial charge in [0.2, 0.25) is 11.8 Å². The molecule has 2 aromatic rings. The van der Waals surface area contributed by atoms with Gasteiger partial charge in [0, 0.05) is 21.7 Å². The Bertz CT molecular complexity index is 1380. The normalized spacial score (nSPS) is 13.1. The van der Waals surface area contributed by atoms with Crippen LogP contribution in [0.5, 0.6) is 11.6 Å². The molecule has 0 amide bonds. The van der Waals surface area contributed by atoms with Gasteiger partial charge in [-0.15, -0.1) is 6.58 Å². The summed E-state index contributed by atoms with van der Waals surface area (Å²) in [7, 11) is -3.09. The molecule has 0 saturated heterocycles. The Balaban J connectivity index is 2.28. The standard InChI is InChI=1S/C30H47N5O7SSi/c1-9-10-13-26(36)20-32-24(3)35(22-39-17-18-44(6,7)8)28-23(2)29(34-30(31-4)33-28)41-21-25-12-11-14-27(19-25)40-15-16-42-43(5,37)38/h9,11-14,19-20,24,36H,1,10,15-18,21-22H2,2-8H3,(H,31,33,34)/b26-13+,32-20-. The molecular weight excluding hydrogens is 603 g/mol. The van der Waals surface area contributed by atoms with E-state index in [9.17, 15) is 13.5 Å². The summed E-state index contributed by atoms with van der Waals surface area (Å²) < 4.78 is 44.9. The number of nitrogens with zero attached hydrogens (tertiary/aromatic N) is 4. The van der Waals surface area contributed by atoms with Gasteiger partial charge in [0.25, 0.3) is 10.1 Å². The molecule has 1 atom stereocenters. The summed E-state index contributed by atoms with van der Waals surface area (Å²) in [6, 6.07) is 8.29. The van der Waals surface area contributed by atoms with E-state index in [1.165, 1.54) is 6.21 Å². The molecule has 244 valence electrons. The zero-order valence-corrected chi connectivity index (χ0v) is 28.7. The van der Waals surface area contributed by atoms with Crippen molar-refractivity contribution in [2.45, 2.75) is 58.7 Å². The maximum absolute atomic E-state index is 11.1. The largest absolute Gasteiger partial charge is 0.507 e. The van der Waals surface area contributed by atoms with Gasteiger partial charge in [-0.2, -0.15) is 18.4 Å². The van der Waals surface area contributed by atoms with Crippen LogP contribution >= 0.6 is 0 Å². The quantitative estimate of drug-likeness (QED) is 0.0366. The first-order valence-electron chi connectivity index (χ1n) is 14.4. The lowest BCUT2D eigenvalue weighted by Crippen LogP contribution is -2.36. The highest BCUT2D eigenvalue weighted by molar-refractivity contribution is 7.85. The van der Waals surface area contributed by atoms with E-state index in [1.807, 2.05) is 30.9 Å². The predicted octanol–water partition coefficient (Wildman–Crippen LogP) is 5.31. The van der Waals surface area contributed by atoms with Crippen LogP contribution in [0.15, 0.2) is 53.7 Å². The molecule has 0 bridgehead atoms. The van der Waals surface area contributed by atoms with E-state index in [4.69, 9.17) is 23.4 Å². The highest BCUT2D eigenvalue weighted by Crippen LogP contribution is 2.29. The minimum absolute atomic E-state index is 0.0461. The summed E-state index contributed by atoms with van der Waals surface area (Å²) in [6.45, 7) is 15.4. The zero-order valence-electron chi connectivity index (χ0n) is 26.9. The number of anilines is 2. The molecule has 12 nitrogen and oxygen atoms in total. The average Bonchev–Trinajstić information content (AvgIpc) is 2.96. The Kier molecular flexibility index (Phi) is 14.8. The molecule has 0 spiro atoms. The number of aliphatic hydroxyl groups is 1. The molecule has 1 aromatic heterocycles. The van der Waals surface area contributed by atoms with Crippen molar-refractivity contribution in [1.29, 1.82) is 0 Å². The highest BCUT2D eigenvalue weighted by atomic mass is 32.2. The number of rotatable bonds is 20. The van der Waals surface area contributed by atoms with Crippen LogP contribution in [0.4, 0.5) is 11.8 Å². The molecule has 0 fully saturated rings. The van der Waals surface area contributed by atoms with Crippen LogP contribution in [0.1, 0.15) is 24.5 Å². The van der Waals surface area contributed by atoms with Crippen molar-refractivity contribution in [3.63, 3.8) is 0 Å². The van der Waals surface area contributed by atoms with Crippen LogP contribution in [0.3, 0.4) is 0 Å². The van der Waals surface area contributed by atoms with Crippen molar-refractivity contribution in [3.05, 3.63) is 59.9 Å². The Morgan fingerprint density at radius 1 is 1.20 bits per heavy atom. The van der Waals surface area contributed by atoms with E-state index >= 15 is 0 Å². The van der Waals surface area contributed by atoms with Crippen molar-refractivity contribution >= 4 is 36.2 Å². The lowest BCUT2D eigenvalue weighted by molar-refractivity contribution is 0.141. The molecule has 14 heteroatoms. The number of hydrogen-bond donors (Lipinski definition) is 2. The van der Waals surface area contributed by atoms with Crippen LogP contribution in [0.2, 0.25) is 25.7 Å². The number of aliphatic imine (C=N–C) groups is 1. The number of aliphatic hydroxyl groups excluding tert-OH is 1. The number of aromatic nitrogens is 2. The summed E-state index contributed by atoms with van der Waals surface area (Å²) in [4.78, 5) is 15.7. The molecule has 2 N–H and O–H groups in total. The van der Waals surface area contributed by atoms with Crippen molar-refractivity contribution < 1.29 is 31.9 Å². The Labute approximate surface area is 263 Å². The molecule has 1 unspecified atom stereocenters. The molecule has 0 aliphatic carbocycles. The number of nitrogens with one attached hydrogen (secondary N) is 1. The van der Waals surface area contributed by atoms with Gasteiger partial charge in [-0.05, 0) is 50.1 Å². The van der Waals surface area contributed by atoms with Gasteiger partial charge in [-0.3, -0.25) is 9.18 Å². The summed E-state index contributed by atoms with van der Waals surface area (Å²) in [5.41, 5.74) is 1.51. The first kappa shape index (κ1) is 36.7. The molecule has 2 rings (SSSR count). The summed E-state index contributed by atoms with van der Waals surface area (Å²) >= 11 is 0. The summed E-state index contributed by atoms with van der Waals surface area (Å²) in [6.07, 6.45) is 5.82. The lowest BCUT2D eigenvalue weighted by Gasteiger charge is -2.30. The van der Waals surface area contributed by atoms with Crippen molar-refractivity contribution in [2.75, 3.05) is 50.1 Å². The minimum Gasteiger partial charge on any atom is -0.507 e. The van der Waals surface area contributed by atoms with Crippen LogP contribution in [0.25, 0.3) is 0 Å². The van der Waals surface area contributed by atoms with E-state index in [0.717, 1.165) is 17.9 Å². The van der Waals surface area contributed by atoms with Gasteiger partial charge in [-0.25, -0.2) is 0 Å². The summed E-state index contributed by atoms with van der Waals surface area (Å²) in [5.74, 6) is 1.92. The van der Waals surface area contributed by atoms with E-state index < -0.39 is 24.4 Å². The third-order valence-electron chi connectivity index (χ3n) is 6.09. The highest BCUT2D eigenvalue weighted by Gasteiger charge is 2.23. The zero-order chi connectivity index (χ0) is 32.8. The number of hydrogen-bond acceptors (Lipinski definition) is 12. The second-order valence-electron chi connectivity index (χ2n) is 11.2. The van der Waals surface area contributed by atoms with Crippen LogP contribution in [-0.4, -0.2) is 83.8 Å². The maximum atomic E-state index is 11.1. The molecule has 0 saturated carbocycles. The topological polar surface area (TPSA) is 145 Å². The van der Waals surface area contributed by atoms with Crippen LogP contribution < -0.4 is 19.7 Å². The fraction of sp³-hybridized carbons (Fsp3) is 0.500. The molecule has 0 radical (unpaired) electrons. The molecule has 44 heavy (non-hydrogen) atoms. The molecule has 1 aromatic carbocycles. The number of benzene rings is 1. The predicted molar refractivity (Wildman–Crippen MR) is 178 cm³/mol. The monoisotopic (exact) mass is 649 g/mol. The third kappa shape index (κ3) is 13.9. The van der Waals surface area contributed by atoms with Gasteiger partial charge in [0.15, 0.2) is 0 Å². The first-order valence-corrected chi connectivity index (χ1v) is 19.9. The second kappa shape index (κ2) is 17.7. The average molecular weight is 650 g/mol. The fourth-order valence-corrected chi connectivity index (χ4v) is 4.77. The smallest absolute Gasteiger partial charge is 0.264 e. The van der Waals surface area contributed by atoms with Crippen LogP contribution in [0, 0.1) is 6.92 Å². The SMILES string of the molecule is C=CC/C=C(O)\C=N/C(C)N(COCC[Si](C)(C)C)c1nc(NC)nc(OCc2cccc(OCCOS(C)(=O)=O)c2)c1C. The van der Waals surface area contributed by atoms with Crippen LogP contribution in [-0.2, 0) is 25.6 Å². The number of allylic oxidation sites excluding steroid dienone is 3. The maximum Gasteiger partial charge on any atom is 0.264 e. The Hall–Kier alpha value is -3.46. The van der Waals surface area contributed by atoms with Gasteiger partial charge in [0.05, 0.1) is 18.0 Å². The van der Waals surface area contributed by atoms with Crippen molar-refractivity contribution in [3.8, 4) is 11.6 Å². The van der Waals surface area contributed by atoms with Gasteiger partial charge in [0.1, 0.15) is 50.0 Å². The molecular formula is C30H47N5O7SSi. The molecule has 1 heterocycles. The summed E-state index contributed by atoms with van der Waals surface area (Å²) in [5, 5.41) is 13.2. The first-order chi connectivity index (χ1) is 20.7.